The molecule has 8 rings (SSSR count). The van der Waals surface area contributed by atoms with Crippen molar-refractivity contribution >= 4 is 38.6 Å². The molecule has 6 aromatic rings. The van der Waals surface area contributed by atoms with Crippen molar-refractivity contribution in [1.82, 2.24) is 0 Å². The van der Waals surface area contributed by atoms with Crippen LogP contribution in [0.1, 0.15) is 57.2 Å². The highest BCUT2D eigenvalue weighted by Gasteiger charge is 2.36. The summed E-state index contributed by atoms with van der Waals surface area (Å²) in [4.78, 5) is 2.44. The number of anilines is 3. The molecule has 1 aliphatic heterocycles. The Morgan fingerprint density at radius 3 is 1.96 bits per heavy atom. The van der Waals surface area contributed by atoms with E-state index in [9.17, 15) is 0 Å². The third kappa shape index (κ3) is 6.13. The van der Waals surface area contributed by atoms with Crippen LogP contribution in [-0.4, -0.2) is 0 Å². The molecule has 1 aliphatic carbocycles. The van der Waals surface area contributed by atoms with E-state index in [1.165, 1.54) is 66.5 Å². The van der Waals surface area contributed by atoms with E-state index in [0.29, 0.717) is 0 Å². The maximum absolute atomic E-state index is 4.71. The molecule has 0 saturated carbocycles. The number of para-hydroxylation sites is 2. The first-order valence-corrected chi connectivity index (χ1v) is 18.9. The van der Waals surface area contributed by atoms with Crippen molar-refractivity contribution < 1.29 is 0 Å². The van der Waals surface area contributed by atoms with Gasteiger partial charge in [-0.05, 0) is 111 Å². The van der Waals surface area contributed by atoms with Crippen molar-refractivity contribution in [2.24, 2.45) is 0 Å². The van der Waals surface area contributed by atoms with Crippen LogP contribution in [0.4, 0.5) is 17.1 Å². The predicted molar refractivity (Wildman–Crippen MR) is 228 cm³/mol. The summed E-state index contributed by atoms with van der Waals surface area (Å²) < 4.78 is 0. The van der Waals surface area contributed by atoms with Crippen LogP contribution in [0.2, 0.25) is 0 Å². The molecule has 2 heteroatoms. The topological polar surface area (TPSA) is 15.3 Å². The molecule has 0 saturated heterocycles. The van der Waals surface area contributed by atoms with Gasteiger partial charge in [0.15, 0.2) is 0 Å². The lowest BCUT2D eigenvalue weighted by Gasteiger charge is -2.30. The average molecular weight is 689 g/mol. The smallest absolute Gasteiger partial charge is 0.0525 e. The summed E-state index contributed by atoms with van der Waals surface area (Å²) in [6, 6.07) is 47.9. The standard InChI is InChI=1S/C51H48N2/c1-35-25-27-37-17-13-15-23-43(37)47(35)50(3,4)36(2)26-28-39-29-30-40(49(39)53(41-19-9-7-10-20-41)42-21-11-8-12-22-42)32-34-46-51(5,6)48-44-24-16-14-18-38(44)31-33-45(48)52-46/h7-28,31-34,52H,2,29-30H2,1,3-6H3/b28-26+,40-32+,46-34+. The minimum atomic E-state index is -0.263. The van der Waals surface area contributed by atoms with Gasteiger partial charge in [-0.25, -0.2) is 0 Å². The van der Waals surface area contributed by atoms with Gasteiger partial charge in [-0.1, -0.05) is 156 Å². The molecule has 1 N–H and O–H groups in total. The molecule has 262 valence electrons. The van der Waals surface area contributed by atoms with Crippen molar-refractivity contribution in [3.8, 4) is 0 Å². The SMILES string of the molecule is C=C(/C=C/C1=C(N(c2ccccc2)c2ccccc2)C(=C/C=C2/Nc3ccc4ccccc4c3C2(C)C)/CC1)C(C)(C)c1c(C)ccc2ccccc12. The Morgan fingerprint density at radius 1 is 0.698 bits per heavy atom. The summed E-state index contributed by atoms with van der Waals surface area (Å²) >= 11 is 0. The largest absolute Gasteiger partial charge is 0.358 e. The quantitative estimate of drug-likeness (QED) is 0.160. The monoisotopic (exact) mass is 688 g/mol. The molecule has 1 heterocycles. The lowest BCUT2D eigenvalue weighted by atomic mass is 9.74. The zero-order chi connectivity index (χ0) is 36.7. The Bertz CT molecular complexity index is 2450. The van der Waals surface area contributed by atoms with E-state index >= 15 is 0 Å². The van der Waals surface area contributed by atoms with Gasteiger partial charge in [0.1, 0.15) is 0 Å². The van der Waals surface area contributed by atoms with Gasteiger partial charge < -0.3 is 10.2 Å². The summed E-state index contributed by atoms with van der Waals surface area (Å²) in [6.45, 7) is 16.2. The zero-order valence-corrected chi connectivity index (χ0v) is 31.6. The molecule has 6 aromatic carbocycles. The van der Waals surface area contributed by atoms with E-state index in [4.69, 9.17) is 6.58 Å². The van der Waals surface area contributed by atoms with Gasteiger partial charge >= 0.3 is 0 Å². The fourth-order valence-corrected chi connectivity index (χ4v) is 8.58. The second kappa shape index (κ2) is 13.6. The van der Waals surface area contributed by atoms with Gasteiger partial charge in [-0.15, -0.1) is 0 Å². The number of benzene rings is 6. The fourth-order valence-electron chi connectivity index (χ4n) is 8.58. The highest BCUT2D eigenvalue weighted by Crippen LogP contribution is 2.48. The highest BCUT2D eigenvalue weighted by molar-refractivity contribution is 5.94. The first-order chi connectivity index (χ1) is 25.6. The second-order valence-electron chi connectivity index (χ2n) is 15.6. The summed E-state index contributed by atoms with van der Waals surface area (Å²) in [7, 11) is 0. The van der Waals surface area contributed by atoms with Crippen LogP contribution in [0.5, 0.6) is 0 Å². The highest BCUT2D eigenvalue weighted by atomic mass is 15.2. The van der Waals surface area contributed by atoms with Gasteiger partial charge in [-0.2, -0.15) is 0 Å². The molecule has 2 nitrogen and oxygen atoms in total. The zero-order valence-electron chi connectivity index (χ0n) is 31.6. The molecule has 0 atom stereocenters. The maximum Gasteiger partial charge on any atom is 0.0525 e. The van der Waals surface area contributed by atoms with Gasteiger partial charge in [0.05, 0.1) is 5.70 Å². The molecule has 0 spiro atoms. The number of allylic oxidation sites excluding steroid dienone is 8. The first-order valence-electron chi connectivity index (χ1n) is 18.9. The lowest BCUT2D eigenvalue weighted by molar-refractivity contribution is 0.643. The van der Waals surface area contributed by atoms with Crippen molar-refractivity contribution in [3.63, 3.8) is 0 Å². The lowest BCUT2D eigenvalue weighted by Crippen LogP contribution is -2.21. The summed E-state index contributed by atoms with van der Waals surface area (Å²) in [5, 5.41) is 8.96. The average Bonchev–Trinajstić information content (AvgIpc) is 3.69. The minimum Gasteiger partial charge on any atom is -0.358 e. The van der Waals surface area contributed by atoms with Crippen LogP contribution >= 0.6 is 0 Å². The van der Waals surface area contributed by atoms with Gasteiger partial charge in [0.2, 0.25) is 0 Å². The first kappa shape index (κ1) is 34.2. The minimum absolute atomic E-state index is 0.167. The van der Waals surface area contributed by atoms with Crippen molar-refractivity contribution in [3.05, 3.63) is 209 Å². The van der Waals surface area contributed by atoms with E-state index in [0.717, 1.165) is 29.8 Å². The van der Waals surface area contributed by atoms with Crippen LogP contribution in [0.15, 0.2) is 192 Å². The number of rotatable bonds is 8. The summed E-state index contributed by atoms with van der Waals surface area (Å²) in [5.41, 5.74) is 13.2. The van der Waals surface area contributed by atoms with E-state index < -0.39 is 0 Å². The van der Waals surface area contributed by atoms with E-state index in [-0.39, 0.29) is 10.8 Å². The van der Waals surface area contributed by atoms with Crippen molar-refractivity contribution in [2.75, 3.05) is 10.2 Å². The van der Waals surface area contributed by atoms with Crippen LogP contribution < -0.4 is 10.2 Å². The molecular weight excluding hydrogens is 641 g/mol. The molecule has 0 amide bonds. The molecular formula is C51H48N2. The molecule has 0 fully saturated rings. The second-order valence-corrected chi connectivity index (χ2v) is 15.6. The Labute approximate surface area is 315 Å². The summed E-state index contributed by atoms with van der Waals surface area (Å²) in [6.07, 6.45) is 11.2. The van der Waals surface area contributed by atoms with E-state index in [1.807, 2.05) is 0 Å². The third-order valence-corrected chi connectivity index (χ3v) is 11.5. The Hall–Kier alpha value is -5.86. The third-order valence-electron chi connectivity index (χ3n) is 11.5. The van der Waals surface area contributed by atoms with Gasteiger partial charge in [0, 0.05) is 33.6 Å². The van der Waals surface area contributed by atoms with Crippen LogP contribution in [-0.2, 0) is 10.8 Å². The Balaban J connectivity index is 1.24. The molecule has 2 aliphatic rings. The Morgan fingerprint density at radius 2 is 1.28 bits per heavy atom. The predicted octanol–water partition coefficient (Wildman–Crippen LogP) is 13.8. The van der Waals surface area contributed by atoms with Gasteiger partial charge in [0.25, 0.3) is 0 Å². The number of nitrogens with zero attached hydrogens (tertiary/aromatic N) is 1. The van der Waals surface area contributed by atoms with Crippen molar-refractivity contribution in [1.29, 1.82) is 0 Å². The maximum atomic E-state index is 4.71. The number of hydrogen-bond acceptors (Lipinski definition) is 2. The number of nitrogens with one attached hydrogen (secondary N) is 1. The van der Waals surface area contributed by atoms with E-state index in [2.05, 4.69) is 203 Å². The number of fused-ring (bicyclic) bond motifs is 4. The Kier molecular flexibility index (Phi) is 8.79. The molecule has 0 unspecified atom stereocenters. The van der Waals surface area contributed by atoms with Crippen molar-refractivity contribution in [2.45, 2.75) is 58.3 Å². The summed E-state index contributed by atoms with van der Waals surface area (Å²) in [5.74, 6) is 0. The molecule has 53 heavy (non-hydrogen) atoms. The fraction of sp³-hybridized carbons (Fsp3) is 0.176. The van der Waals surface area contributed by atoms with Crippen LogP contribution in [0.25, 0.3) is 21.5 Å². The number of aryl methyl sites for hydroxylation is 1. The van der Waals surface area contributed by atoms with Crippen LogP contribution in [0, 0.1) is 6.92 Å². The molecule has 0 radical (unpaired) electrons. The molecule has 0 aromatic heterocycles. The van der Waals surface area contributed by atoms with Crippen LogP contribution in [0.3, 0.4) is 0 Å². The normalized spacial score (nSPS) is 16.9. The van der Waals surface area contributed by atoms with E-state index in [1.54, 1.807) is 0 Å². The molecule has 0 bridgehead atoms. The van der Waals surface area contributed by atoms with Gasteiger partial charge in [-0.3, -0.25) is 0 Å². The number of hydrogen-bond donors (Lipinski definition) is 1.